The summed E-state index contributed by atoms with van der Waals surface area (Å²) < 4.78 is 0. The van der Waals surface area contributed by atoms with Gasteiger partial charge >= 0.3 is 0 Å². The van der Waals surface area contributed by atoms with Crippen LogP contribution < -0.4 is 5.32 Å². The number of nitrogens with one attached hydrogen (secondary N) is 1. The fourth-order valence-electron chi connectivity index (χ4n) is 2.31. The van der Waals surface area contributed by atoms with Gasteiger partial charge in [0.1, 0.15) is 0 Å². The summed E-state index contributed by atoms with van der Waals surface area (Å²) in [4.78, 5) is 14.8. The van der Waals surface area contributed by atoms with Gasteiger partial charge in [-0.25, -0.2) is 0 Å². The van der Waals surface area contributed by atoms with Crippen LogP contribution in [0.5, 0.6) is 0 Å². The third kappa shape index (κ3) is 3.58. The van der Waals surface area contributed by atoms with E-state index < -0.39 is 0 Å². The van der Waals surface area contributed by atoms with Crippen molar-refractivity contribution < 1.29 is 4.79 Å². The van der Waals surface area contributed by atoms with Crippen molar-refractivity contribution in [1.29, 1.82) is 0 Å². The summed E-state index contributed by atoms with van der Waals surface area (Å²) >= 11 is 5.27. The van der Waals surface area contributed by atoms with Crippen LogP contribution in [0, 0.1) is 0 Å². The van der Waals surface area contributed by atoms with Gasteiger partial charge in [-0.2, -0.15) is 0 Å². The zero-order chi connectivity index (χ0) is 13.0. The van der Waals surface area contributed by atoms with Gasteiger partial charge in [0, 0.05) is 16.2 Å². The van der Waals surface area contributed by atoms with Gasteiger partial charge in [0.15, 0.2) is 0 Å². The van der Waals surface area contributed by atoms with E-state index >= 15 is 0 Å². The van der Waals surface area contributed by atoms with Crippen molar-refractivity contribution in [2.45, 2.75) is 50.3 Å². The number of amides is 1. The lowest BCUT2D eigenvalue weighted by atomic mass is 9.99. The van der Waals surface area contributed by atoms with Gasteiger partial charge in [0.25, 0.3) is 5.91 Å². The highest BCUT2D eigenvalue weighted by Crippen LogP contribution is 2.29. The highest BCUT2D eigenvalue weighted by Gasteiger charge is 2.17. The standard InChI is InChI=1S/C14H20BrNOS/c1-2-5-11(15)9-16-14(17)13-8-10-6-3-4-7-12(10)18-13/h8,11H,2-7,9H2,1H3,(H,16,17). The van der Waals surface area contributed by atoms with Gasteiger partial charge in [-0.05, 0) is 43.7 Å². The molecular formula is C14H20BrNOS. The minimum absolute atomic E-state index is 0.0925. The van der Waals surface area contributed by atoms with E-state index in [4.69, 9.17) is 0 Å². The minimum atomic E-state index is 0.0925. The van der Waals surface area contributed by atoms with Crippen LogP contribution in [0.1, 0.15) is 52.7 Å². The van der Waals surface area contributed by atoms with Gasteiger partial charge in [-0.15, -0.1) is 11.3 Å². The molecule has 18 heavy (non-hydrogen) atoms. The normalized spacial score (nSPS) is 16.1. The van der Waals surface area contributed by atoms with Crippen LogP contribution in [0.2, 0.25) is 0 Å². The molecule has 1 N–H and O–H groups in total. The summed E-state index contributed by atoms with van der Waals surface area (Å²) in [7, 11) is 0. The molecule has 1 amide bonds. The van der Waals surface area contributed by atoms with Crippen molar-refractivity contribution in [3.63, 3.8) is 0 Å². The summed E-state index contributed by atoms with van der Waals surface area (Å²) in [5, 5.41) is 3.02. The summed E-state index contributed by atoms with van der Waals surface area (Å²) in [6.07, 6.45) is 7.08. The number of fused-ring (bicyclic) bond motifs is 1. The fourth-order valence-corrected chi connectivity index (χ4v) is 4.10. The van der Waals surface area contributed by atoms with Crippen LogP contribution in [0.4, 0.5) is 0 Å². The third-order valence-electron chi connectivity index (χ3n) is 3.31. The molecule has 0 bridgehead atoms. The zero-order valence-corrected chi connectivity index (χ0v) is 13.2. The Hall–Kier alpha value is -0.350. The lowest BCUT2D eigenvalue weighted by molar-refractivity contribution is 0.0957. The predicted molar refractivity (Wildman–Crippen MR) is 80.9 cm³/mol. The molecule has 1 aromatic rings. The van der Waals surface area contributed by atoms with Crippen LogP contribution in [0.3, 0.4) is 0 Å². The Kier molecular flexibility index (Phi) is 5.25. The highest BCUT2D eigenvalue weighted by atomic mass is 79.9. The Morgan fingerprint density at radius 2 is 2.28 bits per heavy atom. The van der Waals surface area contributed by atoms with E-state index in [9.17, 15) is 4.79 Å². The lowest BCUT2D eigenvalue weighted by Crippen LogP contribution is -2.28. The Bertz CT molecular complexity index is 392. The molecule has 0 saturated carbocycles. The molecule has 1 aliphatic carbocycles. The SMILES string of the molecule is CCCC(Br)CNC(=O)c1cc2c(s1)CCCC2. The second-order valence-electron chi connectivity index (χ2n) is 4.86. The van der Waals surface area contributed by atoms with Gasteiger partial charge in [-0.3, -0.25) is 4.79 Å². The van der Waals surface area contributed by atoms with Crippen molar-refractivity contribution in [1.82, 2.24) is 5.32 Å². The third-order valence-corrected chi connectivity index (χ3v) is 5.32. The predicted octanol–water partition coefficient (Wildman–Crippen LogP) is 3.92. The fraction of sp³-hybridized carbons (Fsp3) is 0.643. The minimum Gasteiger partial charge on any atom is -0.350 e. The zero-order valence-electron chi connectivity index (χ0n) is 10.8. The number of hydrogen-bond donors (Lipinski definition) is 1. The first-order valence-corrected chi connectivity index (χ1v) is 8.47. The number of hydrogen-bond acceptors (Lipinski definition) is 2. The Balaban J connectivity index is 1.90. The van der Waals surface area contributed by atoms with Crippen molar-refractivity contribution in [2.75, 3.05) is 6.54 Å². The number of halogens is 1. The maximum absolute atomic E-state index is 12.0. The summed E-state index contributed by atoms with van der Waals surface area (Å²) in [6.45, 7) is 2.87. The first kappa shape index (κ1) is 14.1. The lowest BCUT2D eigenvalue weighted by Gasteiger charge is -2.08. The molecule has 1 atom stereocenters. The topological polar surface area (TPSA) is 29.1 Å². The molecule has 0 aromatic carbocycles. The monoisotopic (exact) mass is 329 g/mol. The van der Waals surface area contributed by atoms with E-state index in [1.54, 1.807) is 11.3 Å². The van der Waals surface area contributed by atoms with Crippen molar-refractivity contribution >= 4 is 33.2 Å². The van der Waals surface area contributed by atoms with Crippen LogP contribution in [0.25, 0.3) is 0 Å². The maximum atomic E-state index is 12.0. The first-order chi connectivity index (χ1) is 8.70. The molecule has 1 heterocycles. The van der Waals surface area contributed by atoms with Gasteiger partial charge < -0.3 is 5.32 Å². The number of aryl methyl sites for hydroxylation is 2. The number of carbonyl (C=O) groups is 1. The molecule has 2 rings (SSSR count). The van der Waals surface area contributed by atoms with E-state index in [0.29, 0.717) is 4.83 Å². The number of alkyl halides is 1. The molecule has 0 saturated heterocycles. The second-order valence-corrected chi connectivity index (χ2v) is 7.29. The summed E-state index contributed by atoms with van der Waals surface area (Å²) in [6, 6.07) is 2.09. The molecule has 0 fully saturated rings. The maximum Gasteiger partial charge on any atom is 0.261 e. The molecule has 0 aliphatic heterocycles. The quantitative estimate of drug-likeness (QED) is 0.815. The number of rotatable bonds is 5. The molecule has 0 radical (unpaired) electrons. The van der Waals surface area contributed by atoms with Crippen molar-refractivity contribution in [2.24, 2.45) is 0 Å². The molecule has 1 aromatic heterocycles. The number of carbonyl (C=O) groups excluding carboxylic acids is 1. The van der Waals surface area contributed by atoms with Crippen LogP contribution in [0.15, 0.2) is 6.07 Å². The van der Waals surface area contributed by atoms with E-state index in [1.807, 2.05) is 0 Å². The van der Waals surface area contributed by atoms with Gasteiger partial charge in [0.2, 0.25) is 0 Å². The molecule has 1 unspecified atom stereocenters. The highest BCUT2D eigenvalue weighted by molar-refractivity contribution is 9.09. The molecule has 2 nitrogen and oxygen atoms in total. The van der Waals surface area contributed by atoms with Gasteiger partial charge in [0.05, 0.1) is 4.88 Å². The molecular weight excluding hydrogens is 310 g/mol. The van der Waals surface area contributed by atoms with Gasteiger partial charge in [-0.1, -0.05) is 29.3 Å². The summed E-state index contributed by atoms with van der Waals surface area (Å²) in [5.74, 6) is 0.0925. The van der Waals surface area contributed by atoms with E-state index in [-0.39, 0.29) is 5.91 Å². The Morgan fingerprint density at radius 1 is 1.50 bits per heavy atom. The van der Waals surface area contributed by atoms with E-state index in [0.717, 1.165) is 37.1 Å². The largest absolute Gasteiger partial charge is 0.350 e. The van der Waals surface area contributed by atoms with Crippen LogP contribution >= 0.6 is 27.3 Å². The average molecular weight is 330 g/mol. The Morgan fingerprint density at radius 3 is 3.00 bits per heavy atom. The second kappa shape index (κ2) is 6.71. The molecule has 0 spiro atoms. The average Bonchev–Trinajstić information content (AvgIpc) is 2.80. The Labute approximate surface area is 121 Å². The molecule has 100 valence electrons. The number of thiophene rings is 1. The van der Waals surface area contributed by atoms with Crippen LogP contribution in [-0.2, 0) is 12.8 Å². The first-order valence-electron chi connectivity index (χ1n) is 6.74. The van der Waals surface area contributed by atoms with E-state index in [2.05, 4.69) is 34.2 Å². The van der Waals surface area contributed by atoms with E-state index in [1.165, 1.54) is 23.3 Å². The van der Waals surface area contributed by atoms with Crippen molar-refractivity contribution in [3.05, 3.63) is 21.4 Å². The van der Waals surface area contributed by atoms with Crippen molar-refractivity contribution in [3.8, 4) is 0 Å². The molecule has 4 heteroatoms. The summed E-state index contributed by atoms with van der Waals surface area (Å²) in [5.41, 5.74) is 1.40. The molecule has 1 aliphatic rings. The smallest absolute Gasteiger partial charge is 0.261 e. The van der Waals surface area contributed by atoms with Crippen LogP contribution in [-0.4, -0.2) is 17.3 Å².